The molecule has 7 heteroatoms. The predicted molar refractivity (Wildman–Crippen MR) is 129 cm³/mol. The topological polar surface area (TPSA) is 58.4 Å². The van der Waals surface area contributed by atoms with Gasteiger partial charge >= 0.3 is 0 Å². The first-order chi connectivity index (χ1) is 15.5. The molecule has 0 spiro atoms. The summed E-state index contributed by atoms with van der Waals surface area (Å²) in [5.74, 6) is 1.67. The summed E-state index contributed by atoms with van der Waals surface area (Å²) in [6, 6.07) is 15.7. The third-order valence-electron chi connectivity index (χ3n) is 6.72. The Morgan fingerprint density at radius 2 is 1.91 bits per heavy atom. The van der Waals surface area contributed by atoms with Gasteiger partial charge in [0.1, 0.15) is 12.4 Å². The Bertz CT molecular complexity index is 1170. The van der Waals surface area contributed by atoms with E-state index >= 15 is 0 Å². The molecule has 32 heavy (non-hydrogen) atoms. The molecule has 2 aliphatic rings. The summed E-state index contributed by atoms with van der Waals surface area (Å²) in [6.07, 6.45) is 2.51. The zero-order valence-corrected chi connectivity index (χ0v) is 19.8. The first-order valence-corrected chi connectivity index (χ1v) is 12.1. The van der Waals surface area contributed by atoms with Crippen molar-refractivity contribution in [2.24, 2.45) is 5.92 Å². The number of benzene rings is 2. The van der Waals surface area contributed by atoms with Gasteiger partial charge in [-0.2, -0.15) is 0 Å². The molecule has 2 aliphatic heterocycles. The van der Waals surface area contributed by atoms with Crippen LogP contribution in [0, 0.1) is 5.92 Å². The summed E-state index contributed by atoms with van der Waals surface area (Å²) < 4.78 is 2.98. The third-order valence-corrected chi connectivity index (χ3v) is 7.22. The SMILES string of the molecule is CC1CCN(C(=O)Cn2c(C3CC(=O)N(c4cccc(Br)c4)C3)nc3ccccc32)CC1. The zero-order chi connectivity index (χ0) is 22.2. The summed E-state index contributed by atoms with van der Waals surface area (Å²) in [5, 5.41) is 0. The number of hydrogen-bond donors (Lipinski definition) is 0. The molecule has 6 nitrogen and oxygen atoms in total. The van der Waals surface area contributed by atoms with E-state index in [-0.39, 0.29) is 24.3 Å². The van der Waals surface area contributed by atoms with Crippen LogP contribution in [0.25, 0.3) is 11.0 Å². The number of piperidine rings is 1. The first-order valence-electron chi connectivity index (χ1n) is 11.3. The van der Waals surface area contributed by atoms with E-state index in [9.17, 15) is 9.59 Å². The Balaban J connectivity index is 1.44. The quantitative estimate of drug-likeness (QED) is 0.533. The molecular weight excluding hydrogens is 468 g/mol. The van der Waals surface area contributed by atoms with E-state index in [0.717, 1.165) is 52.9 Å². The third kappa shape index (κ3) is 4.06. The molecule has 2 amide bonds. The summed E-state index contributed by atoms with van der Waals surface area (Å²) in [4.78, 5) is 34.8. The zero-order valence-electron chi connectivity index (χ0n) is 18.2. The highest BCUT2D eigenvalue weighted by Gasteiger charge is 2.35. The summed E-state index contributed by atoms with van der Waals surface area (Å²) in [7, 11) is 0. The average Bonchev–Trinajstić information content (AvgIpc) is 3.35. The van der Waals surface area contributed by atoms with Crippen molar-refractivity contribution in [2.75, 3.05) is 24.5 Å². The monoisotopic (exact) mass is 494 g/mol. The average molecular weight is 495 g/mol. The number of fused-ring (bicyclic) bond motifs is 1. The second-order valence-electron chi connectivity index (χ2n) is 8.99. The minimum atomic E-state index is -0.0527. The van der Waals surface area contributed by atoms with Crippen LogP contribution in [0.5, 0.6) is 0 Å². The molecule has 1 aromatic heterocycles. The van der Waals surface area contributed by atoms with E-state index in [4.69, 9.17) is 4.98 Å². The normalized spacial score (nSPS) is 19.8. The van der Waals surface area contributed by atoms with Gasteiger partial charge in [-0.05, 0) is 49.1 Å². The molecule has 0 aliphatic carbocycles. The lowest BCUT2D eigenvalue weighted by Gasteiger charge is -2.30. The number of likely N-dealkylation sites (tertiary alicyclic amines) is 1. The lowest BCUT2D eigenvalue weighted by Crippen LogP contribution is -2.40. The van der Waals surface area contributed by atoms with Crippen LogP contribution in [-0.2, 0) is 16.1 Å². The van der Waals surface area contributed by atoms with Gasteiger partial charge in [0.25, 0.3) is 0 Å². The van der Waals surface area contributed by atoms with Crippen LogP contribution in [-0.4, -0.2) is 45.9 Å². The van der Waals surface area contributed by atoms with Gasteiger partial charge in [-0.3, -0.25) is 9.59 Å². The molecule has 0 radical (unpaired) electrons. The largest absolute Gasteiger partial charge is 0.341 e. The molecule has 3 aromatic rings. The Morgan fingerprint density at radius 1 is 1.12 bits per heavy atom. The Hall–Kier alpha value is -2.67. The number of hydrogen-bond acceptors (Lipinski definition) is 3. The summed E-state index contributed by atoms with van der Waals surface area (Å²) in [6.45, 7) is 4.72. The highest BCUT2D eigenvalue weighted by atomic mass is 79.9. The molecule has 166 valence electrons. The lowest BCUT2D eigenvalue weighted by molar-refractivity contribution is -0.133. The van der Waals surface area contributed by atoms with Crippen molar-refractivity contribution in [3.63, 3.8) is 0 Å². The van der Waals surface area contributed by atoms with Crippen LogP contribution < -0.4 is 4.90 Å². The summed E-state index contributed by atoms with van der Waals surface area (Å²) >= 11 is 3.50. The van der Waals surface area contributed by atoms with Crippen LogP contribution in [0.4, 0.5) is 5.69 Å². The molecular formula is C25H27BrN4O2. The molecule has 3 heterocycles. The molecule has 1 unspecified atom stereocenters. The first kappa shape index (κ1) is 21.2. The van der Waals surface area contributed by atoms with Gasteiger partial charge in [0.05, 0.1) is 11.0 Å². The Morgan fingerprint density at radius 3 is 2.69 bits per heavy atom. The summed E-state index contributed by atoms with van der Waals surface area (Å²) in [5.41, 5.74) is 2.71. The number of anilines is 1. The van der Waals surface area contributed by atoms with Crippen LogP contribution in [0.1, 0.15) is 37.9 Å². The van der Waals surface area contributed by atoms with Gasteiger partial charge in [-0.15, -0.1) is 0 Å². The standard InChI is InChI=1S/C25H27BrN4O2/c1-17-9-11-28(12-10-17)24(32)16-30-22-8-3-2-7-21(22)27-25(30)18-13-23(31)29(15-18)20-6-4-5-19(26)14-20/h2-8,14,17-18H,9-13,15-16H2,1H3. The second kappa shape index (κ2) is 8.70. The van der Waals surface area contributed by atoms with Gasteiger partial charge in [0.2, 0.25) is 11.8 Å². The minimum Gasteiger partial charge on any atom is -0.341 e. The molecule has 2 aromatic carbocycles. The van der Waals surface area contributed by atoms with Gasteiger partial charge in [0, 0.05) is 42.1 Å². The van der Waals surface area contributed by atoms with Gasteiger partial charge in [-0.1, -0.05) is 41.1 Å². The molecule has 5 rings (SSSR count). The molecule has 2 saturated heterocycles. The number of aromatic nitrogens is 2. The number of rotatable bonds is 4. The Kier molecular flexibility index (Phi) is 5.76. The smallest absolute Gasteiger partial charge is 0.242 e. The number of halogens is 1. The van der Waals surface area contributed by atoms with E-state index in [1.165, 1.54) is 0 Å². The van der Waals surface area contributed by atoms with E-state index in [1.54, 1.807) is 0 Å². The Labute approximate surface area is 196 Å². The molecule has 0 bridgehead atoms. The van der Waals surface area contributed by atoms with Crippen LogP contribution >= 0.6 is 15.9 Å². The van der Waals surface area contributed by atoms with Gasteiger partial charge in [-0.25, -0.2) is 4.98 Å². The van der Waals surface area contributed by atoms with Crippen LogP contribution in [0.2, 0.25) is 0 Å². The van der Waals surface area contributed by atoms with Gasteiger partial charge in [0.15, 0.2) is 0 Å². The fourth-order valence-electron chi connectivity index (χ4n) is 4.84. The van der Waals surface area contributed by atoms with E-state index in [1.807, 2.05) is 62.9 Å². The number of carbonyl (C=O) groups excluding carboxylic acids is 2. The lowest BCUT2D eigenvalue weighted by atomic mass is 9.99. The van der Waals surface area contributed by atoms with Crippen molar-refractivity contribution in [2.45, 2.75) is 38.6 Å². The van der Waals surface area contributed by atoms with Crippen molar-refractivity contribution in [1.82, 2.24) is 14.5 Å². The minimum absolute atomic E-state index is 0.0527. The van der Waals surface area contributed by atoms with Crippen LogP contribution in [0.15, 0.2) is 53.0 Å². The van der Waals surface area contributed by atoms with Crippen molar-refractivity contribution < 1.29 is 9.59 Å². The molecule has 1 atom stereocenters. The maximum Gasteiger partial charge on any atom is 0.242 e. The highest BCUT2D eigenvalue weighted by molar-refractivity contribution is 9.10. The number of carbonyl (C=O) groups is 2. The fraction of sp³-hybridized carbons (Fsp3) is 0.400. The predicted octanol–water partition coefficient (Wildman–Crippen LogP) is 4.58. The second-order valence-corrected chi connectivity index (χ2v) is 9.91. The van der Waals surface area contributed by atoms with Crippen LogP contribution in [0.3, 0.4) is 0 Å². The maximum absolute atomic E-state index is 13.2. The fourth-order valence-corrected chi connectivity index (χ4v) is 5.23. The van der Waals surface area contributed by atoms with Gasteiger partial charge < -0.3 is 14.4 Å². The van der Waals surface area contributed by atoms with E-state index in [2.05, 4.69) is 22.9 Å². The van der Waals surface area contributed by atoms with Crippen molar-refractivity contribution in [3.8, 4) is 0 Å². The van der Waals surface area contributed by atoms with Crippen molar-refractivity contribution in [3.05, 3.63) is 58.8 Å². The highest BCUT2D eigenvalue weighted by Crippen LogP contribution is 2.34. The number of para-hydroxylation sites is 2. The van der Waals surface area contributed by atoms with E-state index < -0.39 is 0 Å². The number of amides is 2. The van der Waals surface area contributed by atoms with Crippen molar-refractivity contribution in [1.29, 1.82) is 0 Å². The maximum atomic E-state index is 13.2. The number of imidazole rings is 1. The molecule has 0 saturated carbocycles. The van der Waals surface area contributed by atoms with Crippen molar-refractivity contribution >= 4 is 44.5 Å². The van der Waals surface area contributed by atoms with E-state index in [0.29, 0.717) is 18.9 Å². The molecule has 0 N–H and O–H groups in total. The number of nitrogens with zero attached hydrogens (tertiary/aromatic N) is 4. The molecule has 2 fully saturated rings.